The molecule has 4 heteroatoms. The largest absolute Gasteiger partial charge is 0.480 e. The van der Waals surface area contributed by atoms with Gasteiger partial charge in [-0.15, -0.1) is 11.6 Å². The Bertz CT molecular complexity index is 102. The number of carbonyl (C=O) groups is 1. The third-order valence-corrected chi connectivity index (χ3v) is 1.15. The van der Waals surface area contributed by atoms with Crippen LogP contribution in [0.5, 0.6) is 0 Å². The van der Waals surface area contributed by atoms with Crippen LogP contribution in [0, 0.1) is 0 Å². The van der Waals surface area contributed by atoms with Gasteiger partial charge in [0.15, 0.2) is 4.87 Å². The first-order chi connectivity index (χ1) is 3.50. The second-order valence-electron chi connectivity index (χ2n) is 1.71. The molecule has 0 rings (SSSR count). The zero-order valence-electron chi connectivity index (χ0n) is 4.52. The smallest absolute Gasteiger partial charge is 0.325 e. The van der Waals surface area contributed by atoms with Crippen molar-refractivity contribution >= 4 is 17.6 Å². The van der Waals surface area contributed by atoms with Gasteiger partial charge in [-0.25, -0.2) is 0 Å². The Hall–Kier alpha value is -0.280. The van der Waals surface area contributed by atoms with Gasteiger partial charge in [-0.3, -0.25) is 4.79 Å². The minimum absolute atomic E-state index is 0.0517. The molecule has 0 saturated heterocycles. The van der Waals surface area contributed by atoms with E-state index in [1.807, 2.05) is 0 Å². The molecule has 3 N–H and O–H groups in total. The molecule has 48 valence electrons. The van der Waals surface area contributed by atoms with Gasteiger partial charge in [0.05, 0.1) is 0 Å². The highest BCUT2D eigenvalue weighted by Gasteiger charge is 2.27. The van der Waals surface area contributed by atoms with E-state index in [1.165, 1.54) is 6.92 Å². The average molecular weight is 138 g/mol. The number of alkyl halides is 1. The molecule has 1 atom stereocenters. The van der Waals surface area contributed by atoms with Gasteiger partial charge in [-0.1, -0.05) is 0 Å². The minimum Gasteiger partial charge on any atom is -0.480 e. The first kappa shape index (κ1) is 7.72. The van der Waals surface area contributed by atoms with Gasteiger partial charge in [0.25, 0.3) is 0 Å². The SMILES string of the molecule is CC(Cl)(CN)C(=O)O. The fourth-order valence-corrected chi connectivity index (χ4v) is 0.0873. The highest BCUT2D eigenvalue weighted by Crippen LogP contribution is 2.10. The molecule has 1 unspecified atom stereocenters. The standard InChI is InChI=1S/C4H8ClNO2/c1-4(5,2-6)3(7)8/h2,6H2,1H3,(H,7,8). The molecule has 0 aliphatic heterocycles. The van der Waals surface area contributed by atoms with E-state index in [1.54, 1.807) is 0 Å². The van der Waals surface area contributed by atoms with E-state index in [0.717, 1.165) is 0 Å². The van der Waals surface area contributed by atoms with Crippen LogP contribution in [0.2, 0.25) is 0 Å². The molecule has 0 aliphatic rings. The molecular formula is C4H8ClNO2. The van der Waals surface area contributed by atoms with Crippen molar-refractivity contribution in [2.75, 3.05) is 6.54 Å². The van der Waals surface area contributed by atoms with E-state index < -0.39 is 10.8 Å². The molecule has 0 heterocycles. The molecule has 0 aromatic carbocycles. The molecule has 0 aliphatic carbocycles. The number of carboxylic acid groups (broad SMARTS) is 1. The molecule has 0 saturated carbocycles. The molecule has 0 fully saturated rings. The van der Waals surface area contributed by atoms with Crippen molar-refractivity contribution in [2.45, 2.75) is 11.8 Å². The maximum absolute atomic E-state index is 10.0. The van der Waals surface area contributed by atoms with Crippen molar-refractivity contribution in [1.82, 2.24) is 0 Å². The van der Waals surface area contributed by atoms with E-state index in [4.69, 9.17) is 22.4 Å². The van der Waals surface area contributed by atoms with Crippen molar-refractivity contribution in [3.05, 3.63) is 0 Å². The molecule has 3 nitrogen and oxygen atoms in total. The fourth-order valence-electron chi connectivity index (χ4n) is 0.0873. The summed E-state index contributed by atoms with van der Waals surface area (Å²) in [7, 11) is 0. The maximum Gasteiger partial charge on any atom is 0.325 e. The molecule has 0 bridgehead atoms. The molecule has 0 radical (unpaired) electrons. The van der Waals surface area contributed by atoms with Gasteiger partial charge < -0.3 is 10.8 Å². The number of halogens is 1. The highest BCUT2D eigenvalue weighted by atomic mass is 35.5. The van der Waals surface area contributed by atoms with Gasteiger partial charge in [0.1, 0.15) is 0 Å². The van der Waals surface area contributed by atoms with Crippen LogP contribution in [0.25, 0.3) is 0 Å². The Morgan fingerprint density at radius 3 is 2.38 bits per heavy atom. The summed E-state index contributed by atoms with van der Waals surface area (Å²) in [6, 6.07) is 0. The van der Waals surface area contributed by atoms with E-state index >= 15 is 0 Å². The Kier molecular flexibility index (Phi) is 2.25. The second kappa shape index (κ2) is 2.33. The average Bonchev–Trinajstić information content (AvgIpc) is 1.67. The molecular weight excluding hydrogens is 130 g/mol. The number of hydrogen-bond donors (Lipinski definition) is 2. The first-order valence-corrected chi connectivity index (χ1v) is 2.51. The summed E-state index contributed by atoms with van der Waals surface area (Å²) >= 11 is 5.33. The normalized spacial score (nSPS) is 17.4. The van der Waals surface area contributed by atoms with Gasteiger partial charge in [0.2, 0.25) is 0 Å². The third-order valence-electron chi connectivity index (χ3n) is 0.829. The number of hydrogen-bond acceptors (Lipinski definition) is 2. The lowest BCUT2D eigenvalue weighted by atomic mass is 10.2. The minimum atomic E-state index is -1.29. The zero-order chi connectivity index (χ0) is 6.78. The van der Waals surface area contributed by atoms with E-state index in [2.05, 4.69) is 0 Å². The summed E-state index contributed by atoms with van der Waals surface area (Å²) in [5.74, 6) is -1.08. The number of nitrogens with two attached hydrogens (primary N) is 1. The lowest BCUT2D eigenvalue weighted by Crippen LogP contribution is -2.36. The molecule has 0 amide bonds. The van der Waals surface area contributed by atoms with E-state index in [0.29, 0.717) is 0 Å². The number of carboxylic acids is 1. The Labute approximate surface area is 52.4 Å². The predicted molar refractivity (Wildman–Crippen MR) is 30.9 cm³/mol. The van der Waals surface area contributed by atoms with Crippen molar-refractivity contribution in [3.63, 3.8) is 0 Å². The van der Waals surface area contributed by atoms with Crippen molar-refractivity contribution in [2.24, 2.45) is 5.73 Å². The van der Waals surface area contributed by atoms with Crippen LogP contribution < -0.4 is 5.73 Å². The van der Waals surface area contributed by atoms with Crippen molar-refractivity contribution in [3.8, 4) is 0 Å². The molecule has 0 spiro atoms. The molecule has 0 aromatic rings. The Balaban J connectivity index is 3.91. The fraction of sp³-hybridized carbons (Fsp3) is 0.750. The van der Waals surface area contributed by atoms with E-state index in [9.17, 15) is 4.79 Å². The Morgan fingerprint density at radius 1 is 2.00 bits per heavy atom. The summed E-state index contributed by atoms with van der Waals surface area (Å²) < 4.78 is 0. The van der Waals surface area contributed by atoms with E-state index in [-0.39, 0.29) is 6.54 Å². The van der Waals surface area contributed by atoms with Crippen LogP contribution >= 0.6 is 11.6 Å². The van der Waals surface area contributed by atoms with Crippen LogP contribution in [0.4, 0.5) is 0 Å². The van der Waals surface area contributed by atoms with Gasteiger partial charge in [-0.05, 0) is 6.92 Å². The number of rotatable bonds is 2. The summed E-state index contributed by atoms with van der Waals surface area (Å²) in [6.07, 6.45) is 0. The van der Waals surface area contributed by atoms with Crippen LogP contribution in [-0.2, 0) is 4.79 Å². The van der Waals surface area contributed by atoms with Crippen LogP contribution in [0.1, 0.15) is 6.92 Å². The van der Waals surface area contributed by atoms with Gasteiger partial charge >= 0.3 is 5.97 Å². The first-order valence-electron chi connectivity index (χ1n) is 2.13. The summed E-state index contributed by atoms with van der Waals surface area (Å²) in [4.78, 5) is 8.75. The summed E-state index contributed by atoms with van der Waals surface area (Å²) in [6.45, 7) is 1.31. The maximum atomic E-state index is 10.0. The van der Waals surface area contributed by atoms with Crippen LogP contribution in [0.15, 0.2) is 0 Å². The lowest BCUT2D eigenvalue weighted by Gasteiger charge is -2.11. The Morgan fingerprint density at radius 2 is 2.38 bits per heavy atom. The third kappa shape index (κ3) is 1.68. The summed E-state index contributed by atoms with van der Waals surface area (Å²) in [5.41, 5.74) is 4.99. The lowest BCUT2D eigenvalue weighted by molar-refractivity contribution is -0.139. The second-order valence-corrected chi connectivity index (χ2v) is 2.54. The topological polar surface area (TPSA) is 63.3 Å². The van der Waals surface area contributed by atoms with Crippen LogP contribution in [-0.4, -0.2) is 22.5 Å². The number of aliphatic carboxylic acids is 1. The molecule has 0 aromatic heterocycles. The van der Waals surface area contributed by atoms with Gasteiger partial charge in [-0.2, -0.15) is 0 Å². The zero-order valence-corrected chi connectivity index (χ0v) is 5.27. The highest BCUT2D eigenvalue weighted by molar-refractivity contribution is 6.33. The van der Waals surface area contributed by atoms with Crippen molar-refractivity contribution in [1.29, 1.82) is 0 Å². The quantitative estimate of drug-likeness (QED) is 0.528. The monoisotopic (exact) mass is 137 g/mol. The predicted octanol–water partition coefficient (Wildman–Crippen LogP) is 0.0272. The van der Waals surface area contributed by atoms with Gasteiger partial charge in [0, 0.05) is 6.54 Å². The molecule has 8 heavy (non-hydrogen) atoms. The summed E-state index contributed by atoms with van der Waals surface area (Å²) in [5, 5.41) is 8.23. The van der Waals surface area contributed by atoms with Crippen molar-refractivity contribution < 1.29 is 9.90 Å². The van der Waals surface area contributed by atoms with Crippen LogP contribution in [0.3, 0.4) is 0 Å².